The summed E-state index contributed by atoms with van der Waals surface area (Å²) >= 11 is 5.36. The number of hydrogen-bond donors (Lipinski definition) is 2. The predicted octanol–water partition coefficient (Wildman–Crippen LogP) is 2.44. The Hall–Kier alpha value is -1.20. The van der Waals surface area contributed by atoms with Gasteiger partial charge in [-0.3, -0.25) is 0 Å². The van der Waals surface area contributed by atoms with Crippen molar-refractivity contribution in [2.75, 3.05) is 6.54 Å². The largest absolute Gasteiger partial charge is 0.371 e. The van der Waals surface area contributed by atoms with E-state index in [9.17, 15) is 9.50 Å². The van der Waals surface area contributed by atoms with E-state index in [1.807, 2.05) is 13.8 Å². The van der Waals surface area contributed by atoms with Crippen molar-refractivity contribution in [3.8, 4) is 0 Å². The summed E-state index contributed by atoms with van der Waals surface area (Å²) in [5.74, 6) is -0.238. The molecule has 3 nitrogen and oxygen atoms in total. The van der Waals surface area contributed by atoms with Crippen LogP contribution in [0.1, 0.15) is 32.8 Å². The van der Waals surface area contributed by atoms with Gasteiger partial charge in [-0.2, -0.15) is 0 Å². The maximum absolute atomic E-state index is 12.9. The van der Waals surface area contributed by atoms with E-state index in [1.54, 1.807) is 24.0 Å². The summed E-state index contributed by atoms with van der Waals surface area (Å²) in [5, 5.41) is 14.4. The molecular weight excluding hydrogens is 275 g/mol. The minimum absolute atomic E-state index is 0.215. The van der Waals surface area contributed by atoms with E-state index in [1.165, 1.54) is 12.1 Å². The van der Waals surface area contributed by atoms with Crippen LogP contribution in [0.2, 0.25) is 0 Å². The molecule has 1 aromatic carbocycles. The SMILES string of the molecule is CC1(C)C[C@](C)(O)N(CCc2ccc(F)cc2)C(=S)N1. The fraction of sp³-hybridized carbons (Fsp3) is 0.533. The van der Waals surface area contributed by atoms with Gasteiger partial charge in [0.25, 0.3) is 0 Å². The van der Waals surface area contributed by atoms with E-state index < -0.39 is 5.72 Å². The minimum Gasteiger partial charge on any atom is -0.371 e. The monoisotopic (exact) mass is 296 g/mol. The number of aliphatic hydroxyl groups is 1. The summed E-state index contributed by atoms with van der Waals surface area (Å²) in [5.41, 5.74) is -0.159. The average molecular weight is 296 g/mol. The molecule has 5 heteroatoms. The van der Waals surface area contributed by atoms with Gasteiger partial charge in [-0.25, -0.2) is 4.39 Å². The van der Waals surface area contributed by atoms with Crippen molar-refractivity contribution in [3.63, 3.8) is 0 Å². The van der Waals surface area contributed by atoms with Crippen LogP contribution in [0.15, 0.2) is 24.3 Å². The summed E-state index contributed by atoms with van der Waals surface area (Å²) in [6.45, 7) is 6.42. The van der Waals surface area contributed by atoms with E-state index in [0.29, 0.717) is 24.5 Å². The highest BCUT2D eigenvalue weighted by atomic mass is 32.1. The molecule has 1 heterocycles. The van der Waals surface area contributed by atoms with E-state index in [4.69, 9.17) is 12.2 Å². The first-order valence-corrected chi connectivity index (χ1v) is 7.17. The lowest BCUT2D eigenvalue weighted by Crippen LogP contribution is -2.66. The number of thiocarbonyl (C=S) groups is 1. The van der Waals surface area contributed by atoms with Crippen molar-refractivity contribution >= 4 is 17.3 Å². The molecule has 1 saturated heterocycles. The quantitative estimate of drug-likeness (QED) is 0.840. The molecule has 0 unspecified atom stereocenters. The van der Waals surface area contributed by atoms with Crippen molar-refractivity contribution in [1.82, 2.24) is 10.2 Å². The third kappa shape index (κ3) is 3.46. The molecule has 0 spiro atoms. The zero-order valence-electron chi connectivity index (χ0n) is 12.1. The third-order valence-corrected chi connectivity index (χ3v) is 3.91. The van der Waals surface area contributed by atoms with Gasteiger partial charge in [0, 0.05) is 18.5 Å². The molecule has 0 amide bonds. The fourth-order valence-electron chi connectivity index (χ4n) is 2.79. The molecular formula is C15H21FN2OS. The van der Waals surface area contributed by atoms with Gasteiger partial charge in [-0.1, -0.05) is 12.1 Å². The van der Waals surface area contributed by atoms with Crippen LogP contribution in [-0.2, 0) is 6.42 Å². The van der Waals surface area contributed by atoms with E-state index in [-0.39, 0.29) is 11.4 Å². The summed E-state index contributed by atoms with van der Waals surface area (Å²) in [7, 11) is 0. The number of halogens is 1. The molecule has 1 atom stereocenters. The van der Waals surface area contributed by atoms with Crippen LogP contribution >= 0.6 is 12.2 Å². The van der Waals surface area contributed by atoms with Crippen LogP contribution in [0, 0.1) is 5.82 Å². The topological polar surface area (TPSA) is 35.5 Å². The second kappa shape index (κ2) is 5.30. The number of benzene rings is 1. The van der Waals surface area contributed by atoms with Crippen molar-refractivity contribution < 1.29 is 9.50 Å². The number of hydrogen-bond acceptors (Lipinski definition) is 2. The molecule has 20 heavy (non-hydrogen) atoms. The molecule has 1 aliphatic heterocycles. The lowest BCUT2D eigenvalue weighted by molar-refractivity contribution is -0.0876. The number of nitrogens with one attached hydrogen (secondary N) is 1. The molecule has 1 fully saturated rings. The Morgan fingerprint density at radius 3 is 2.45 bits per heavy atom. The summed E-state index contributed by atoms with van der Waals surface area (Å²) in [4.78, 5) is 1.80. The molecule has 1 aromatic rings. The highest BCUT2D eigenvalue weighted by Crippen LogP contribution is 2.29. The summed E-state index contributed by atoms with van der Waals surface area (Å²) in [6, 6.07) is 6.41. The second-order valence-corrected chi connectivity index (χ2v) is 6.62. The Kier molecular flexibility index (Phi) is 4.02. The molecule has 2 rings (SSSR count). The zero-order chi connectivity index (χ0) is 15.0. The molecule has 0 saturated carbocycles. The zero-order valence-corrected chi connectivity index (χ0v) is 12.9. The number of nitrogens with zero attached hydrogens (tertiary/aromatic N) is 1. The molecule has 1 aliphatic rings. The highest BCUT2D eigenvalue weighted by Gasteiger charge is 2.42. The first kappa shape index (κ1) is 15.2. The molecule has 110 valence electrons. The maximum Gasteiger partial charge on any atom is 0.171 e. The lowest BCUT2D eigenvalue weighted by atomic mass is 9.90. The first-order chi connectivity index (χ1) is 9.20. The third-order valence-electron chi connectivity index (χ3n) is 3.59. The lowest BCUT2D eigenvalue weighted by Gasteiger charge is -2.49. The Morgan fingerprint density at radius 2 is 1.90 bits per heavy atom. The van der Waals surface area contributed by atoms with Gasteiger partial charge in [-0.05, 0) is 57.1 Å². The van der Waals surface area contributed by atoms with Crippen LogP contribution in [-0.4, -0.2) is 32.9 Å². The first-order valence-electron chi connectivity index (χ1n) is 6.76. The van der Waals surface area contributed by atoms with Crippen LogP contribution in [0.4, 0.5) is 4.39 Å². The number of rotatable bonds is 3. The predicted molar refractivity (Wildman–Crippen MR) is 81.9 cm³/mol. The normalized spacial score (nSPS) is 25.4. The molecule has 0 radical (unpaired) electrons. The van der Waals surface area contributed by atoms with Gasteiger partial charge in [0.2, 0.25) is 0 Å². The Bertz CT molecular complexity index is 499. The Labute approximate surface area is 124 Å². The molecule has 0 aromatic heterocycles. The Balaban J connectivity index is 2.05. The standard InChI is InChI=1S/C15H21FN2OS/c1-14(2)10-15(3,19)18(13(20)17-14)9-8-11-4-6-12(16)7-5-11/h4-7,19H,8-10H2,1-3H3,(H,17,20)/t15-/m0/s1. The van der Waals surface area contributed by atoms with Crippen molar-refractivity contribution in [3.05, 3.63) is 35.6 Å². The van der Waals surface area contributed by atoms with Gasteiger partial charge in [0.05, 0.1) is 0 Å². The van der Waals surface area contributed by atoms with Crippen molar-refractivity contribution in [2.24, 2.45) is 0 Å². The van der Waals surface area contributed by atoms with Gasteiger partial charge < -0.3 is 15.3 Å². The van der Waals surface area contributed by atoms with E-state index >= 15 is 0 Å². The van der Waals surface area contributed by atoms with Crippen LogP contribution in [0.3, 0.4) is 0 Å². The van der Waals surface area contributed by atoms with Gasteiger partial charge in [0.1, 0.15) is 11.5 Å². The van der Waals surface area contributed by atoms with E-state index in [0.717, 1.165) is 5.56 Å². The van der Waals surface area contributed by atoms with Gasteiger partial charge in [-0.15, -0.1) is 0 Å². The van der Waals surface area contributed by atoms with Gasteiger partial charge in [0.15, 0.2) is 5.11 Å². The van der Waals surface area contributed by atoms with Crippen LogP contribution < -0.4 is 5.32 Å². The van der Waals surface area contributed by atoms with Crippen LogP contribution in [0.5, 0.6) is 0 Å². The molecule has 2 N–H and O–H groups in total. The maximum atomic E-state index is 12.9. The Morgan fingerprint density at radius 1 is 1.30 bits per heavy atom. The highest BCUT2D eigenvalue weighted by molar-refractivity contribution is 7.80. The minimum atomic E-state index is -0.966. The smallest absolute Gasteiger partial charge is 0.171 e. The van der Waals surface area contributed by atoms with E-state index in [2.05, 4.69) is 5.32 Å². The van der Waals surface area contributed by atoms with Gasteiger partial charge >= 0.3 is 0 Å². The van der Waals surface area contributed by atoms with Crippen molar-refractivity contribution in [2.45, 2.75) is 44.9 Å². The summed E-state index contributed by atoms with van der Waals surface area (Å²) in [6.07, 6.45) is 1.29. The average Bonchev–Trinajstić information content (AvgIpc) is 2.27. The summed E-state index contributed by atoms with van der Waals surface area (Å²) < 4.78 is 12.9. The second-order valence-electron chi connectivity index (χ2n) is 6.24. The van der Waals surface area contributed by atoms with Crippen LogP contribution in [0.25, 0.3) is 0 Å². The fourth-order valence-corrected chi connectivity index (χ4v) is 3.35. The van der Waals surface area contributed by atoms with Crippen molar-refractivity contribution in [1.29, 1.82) is 0 Å². The molecule has 0 aliphatic carbocycles. The molecule has 0 bridgehead atoms.